The molecule has 5 heteroatoms. The normalized spacial score (nSPS) is 14.3. The van der Waals surface area contributed by atoms with Crippen LogP contribution in [0.3, 0.4) is 0 Å². The number of hydrogen-bond donors (Lipinski definition) is 0. The first-order chi connectivity index (χ1) is 12.9. The molecule has 1 amide bonds. The van der Waals surface area contributed by atoms with E-state index in [9.17, 15) is 9.59 Å². The average molecular weight is 363 g/mol. The summed E-state index contributed by atoms with van der Waals surface area (Å²) >= 11 is 0. The van der Waals surface area contributed by atoms with Crippen molar-refractivity contribution in [1.29, 1.82) is 0 Å². The molecule has 5 nitrogen and oxygen atoms in total. The molecular formula is C22H21NO4. The Morgan fingerprint density at radius 1 is 1.15 bits per heavy atom. The lowest BCUT2D eigenvalue weighted by molar-refractivity contribution is -0.124. The third kappa shape index (κ3) is 3.10. The van der Waals surface area contributed by atoms with E-state index in [1.54, 1.807) is 17.9 Å². The first-order valence-electron chi connectivity index (χ1n) is 9.05. The summed E-state index contributed by atoms with van der Waals surface area (Å²) in [5.74, 6) is 0.559. The highest BCUT2D eigenvalue weighted by Crippen LogP contribution is 2.30. The van der Waals surface area contributed by atoms with Crippen molar-refractivity contribution < 1.29 is 13.9 Å². The van der Waals surface area contributed by atoms with E-state index in [1.807, 2.05) is 38.1 Å². The van der Waals surface area contributed by atoms with Gasteiger partial charge in [-0.3, -0.25) is 4.79 Å². The Kier molecular flexibility index (Phi) is 4.22. The summed E-state index contributed by atoms with van der Waals surface area (Å²) in [6.45, 7) is 6.17. The number of carbonyl (C=O) groups excluding carboxylic acids is 1. The van der Waals surface area contributed by atoms with Crippen molar-refractivity contribution in [3.8, 4) is 5.75 Å². The highest BCUT2D eigenvalue weighted by molar-refractivity contribution is 5.98. The van der Waals surface area contributed by atoms with Crippen molar-refractivity contribution in [2.24, 2.45) is 0 Å². The predicted octanol–water partition coefficient (Wildman–Crippen LogP) is 3.77. The molecular weight excluding hydrogens is 342 g/mol. The first kappa shape index (κ1) is 17.3. The molecule has 1 aliphatic heterocycles. The lowest BCUT2D eigenvalue weighted by Crippen LogP contribution is -2.39. The Bertz CT molecular complexity index is 1100. The van der Waals surface area contributed by atoms with Crippen molar-refractivity contribution in [2.45, 2.75) is 33.3 Å². The number of hydrogen-bond acceptors (Lipinski definition) is 4. The third-order valence-electron chi connectivity index (χ3n) is 5.05. The SMILES string of the molecule is Cc1cc2oc(=O)cc(C)c2cc1O[C@@H](C)C(=O)N1CCc2ccccc21. The number of para-hydroxylation sites is 1. The van der Waals surface area contributed by atoms with Crippen molar-refractivity contribution in [1.82, 2.24) is 0 Å². The number of fused-ring (bicyclic) bond motifs is 2. The molecule has 0 N–H and O–H groups in total. The van der Waals surface area contributed by atoms with Gasteiger partial charge >= 0.3 is 5.63 Å². The molecule has 0 aliphatic carbocycles. The van der Waals surface area contributed by atoms with Gasteiger partial charge in [0, 0.05) is 23.7 Å². The zero-order chi connectivity index (χ0) is 19.1. The molecule has 27 heavy (non-hydrogen) atoms. The van der Waals surface area contributed by atoms with Crippen LogP contribution in [0.4, 0.5) is 5.69 Å². The van der Waals surface area contributed by atoms with Gasteiger partial charge in [-0.1, -0.05) is 18.2 Å². The fourth-order valence-electron chi connectivity index (χ4n) is 3.60. The molecule has 0 saturated heterocycles. The van der Waals surface area contributed by atoms with Gasteiger partial charge in [-0.2, -0.15) is 0 Å². The minimum atomic E-state index is -0.622. The molecule has 2 aromatic carbocycles. The minimum Gasteiger partial charge on any atom is -0.481 e. The van der Waals surface area contributed by atoms with Gasteiger partial charge in [0.15, 0.2) is 6.10 Å². The predicted molar refractivity (Wildman–Crippen MR) is 105 cm³/mol. The molecule has 0 fully saturated rings. The van der Waals surface area contributed by atoms with Crippen molar-refractivity contribution in [3.05, 3.63) is 69.6 Å². The van der Waals surface area contributed by atoms with Crippen LogP contribution in [-0.4, -0.2) is 18.6 Å². The van der Waals surface area contributed by atoms with Crippen LogP contribution in [0.25, 0.3) is 11.0 Å². The van der Waals surface area contributed by atoms with Gasteiger partial charge in [0.05, 0.1) is 0 Å². The van der Waals surface area contributed by atoms with Gasteiger partial charge < -0.3 is 14.1 Å². The van der Waals surface area contributed by atoms with E-state index in [4.69, 9.17) is 9.15 Å². The lowest BCUT2D eigenvalue weighted by atomic mass is 10.1. The second-order valence-corrected chi connectivity index (χ2v) is 6.99. The summed E-state index contributed by atoms with van der Waals surface area (Å²) in [7, 11) is 0. The smallest absolute Gasteiger partial charge is 0.336 e. The Morgan fingerprint density at radius 3 is 2.74 bits per heavy atom. The highest BCUT2D eigenvalue weighted by atomic mass is 16.5. The van der Waals surface area contributed by atoms with Crippen LogP contribution in [0, 0.1) is 13.8 Å². The van der Waals surface area contributed by atoms with Gasteiger partial charge in [0.1, 0.15) is 11.3 Å². The van der Waals surface area contributed by atoms with Gasteiger partial charge in [-0.25, -0.2) is 4.79 Å². The summed E-state index contributed by atoms with van der Waals surface area (Å²) in [4.78, 5) is 26.3. The quantitative estimate of drug-likeness (QED) is 0.665. The topological polar surface area (TPSA) is 59.8 Å². The Balaban J connectivity index is 1.61. The Morgan fingerprint density at radius 2 is 1.93 bits per heavy atom. The minimum absolute atomic E-state index is 0.0595. The Labute approximate surface area is 157 Å². The zero-order valence-corrected chi connectivity index (χ0v) is 15.6. The van der Waals surface area contributed by atoms with Crippen LogP contribution in [0.15, 0.2) is 51.7 Å². The van der Waals surface area contributed by atoms with Gasteiger partial charge in [0.2, 0.25) is 0 Å². The molecule has 0 unspecified atom stereocenters. The molecule has 4 rings (SSSR count). The second-order valence-electron chi connectivity index (χ2n) is 6.99. The molecule has 1 aliphatic rings. The molecule has 0 saturated carbocycles. The molecule has 3 aromatic rings. The summed E-state index contributed by atoms with van der Waals surface area (Å²) in [5, 5.41) is 0.807. The molecule has 1 atom stereocenters. The lowest BCUT2D eigenvalue weighted by Gasteiger charge is -2.23. The van der Waals surface area contributed by atoms with Gasteiger partial charge in [0.25, 0.3) is 5.91 Å². The van der Waals surface area contributed by atoms with Crippen molar-refractivity contribution in [3.63, 3.8) is 0 Å². The van der Waals surface area contributed by atoms with Gasteiger partial charge in [-0.15, -0.1) is 0 Å². The number of anilines is 1. The molecule has 0 radical (unpaired) electrons. The molecule has 2 heterocycles. The van der Waals surface area contributed by atoms with Crippen LogP contribution in [0.5, 0.6) is 5.75 Å². The van der Waals surface area contributed by atoms with E-state index >= 15 is 0 Å². The van der Waals surface area contributed by atoms with E-state index in [2.05, 4.69) is 6.07 Å². The number of nitrogens with zero attached hydrogens (tertiary/aromatic N) is 1. The summed E-state index contributed by atoms with van der Waals surface area (Å²) in [6.07, 6.45) is 0.241. The zero-order valence-electron chi connectivity index (χ0n) is 15.6. The monoisotopic (exact) mass is 363 g/mol. The van der Waals surface area contributed by atoms with Crippen molar-refractivity contribution >= 4 is 22.6 Å². The van der Waals surface area contributed by atoms with Crippen LogP contribution in [-0.2, 0) is 11.2 Å². The van der Waals surface area contributed by atoms with Crippen LogP contribution in [0.1, 0.15) is 23.6 Å². The largest absolute Gasteiger partial charge is 0.481 e. The number of ether oxygens (including phenoxy) is 1. The van der Waals surface area contributed by atoms with Gasteiger partial charge in [-0.05, 0) is 62.1 Å². The fraction of sp³-hybridized carbons (Fsp3) is 0.273. The van der Waals surface area contributed by atoms with E-state index in [1.165, 1.54) is 11.6 Å². The van der Waals surface area contributed by atoms with E-state index in [0.717, 1.165) is 28.6 Å². The summed E-state index contributed by atoms with van der Waals surface area (Å²) in [6, 6.07) is 13.0. The molecule has 0 bridgehead atoms. The highest BCUT2D eigenvalue weighted by Gasteiger charge is 2.29. The number of aryl methyl sites for hydroxylation is 2. The molecule has 1 aromatic heterocycles. The molecule has 138 valence electrons. The number of amides is 1. The summed E-state index contributed by atoms with van der Waals surface area (Å²) in [5.41, 5.74) is 3.94. The van der Waals surface area contributed by atoms with E-state index in [-0.39, 0.29) is 11.5 Å². The maximum absolute atomic E-state index is 12.9. The van der Waals surface area contributed by atoms with E-state index in [0.29, 0.717) is 17.9 Å². The van der Waals surface area contributed by atoms with Crippen LogP contribution >= 0.6 is 0 Å². The number of carbonyl (C=O) groups is 1. The molecule has 0 spiro atoms. The van der Waals surface area contributed by atoms with Crippen LogP contribution in [0.2, 0.25) is 0 Å². The van der Waals surface area contributed by atoms with Crippen molar-refractivity contribution in [2.75, 3.05) is 11.4 Å². The first-order valence-corrected chi connectivity index (χ1v) is 9.05. The Hall–Kier alpha value is -3.08. The fourth-order valence-corrected chi connectivity index (χ4v) is 3.60. The summed E-state index contributed by atoms with van der Waals surface area (Å²) < 4.78 is 11.3. The third-order valence-corrected chi connectivity index (χ3v) is 5.05. The maximum Gasteiger partial charge on any atom is 0.336 e. The maximum atomic E-state index is 12.9. The van der Waals surface area contributed by atoms with Crippen LogP contribution < -0.4 is 15.3 Å². The second kappa shape index (κ2) is 6.58. The number of benzene rings is 2. The van der Waals surface area contributed by atoms with E-state index < -0.39 is 6.10 Å². The number of rotatable bonds is 3. The average Bonchev–Trinajstić information content (AvgIpc) is 3.06. The standard InChI is InChI=1S/C22H21NO4/c1-13-11-21(24)27-20-10-14(2)19(12-17(13)20)26-15(3)22(25)23-9-8-16-6-4-5-7-18(16)23/h4-7,10-12,15H,8-9H2,1-3H3/t15-/m0/s1.